The number of rotatable bonds is 3. The van der Waals surface area contributed by atoms with Crippen molar-refractivity contribution in [2.45, 2.75) is 40.2 Å². The van der Waals surface area contributed by atoms with Crippen LogP contribution < -0.4 is 5.32 Å². The van der Waals surface area contributed by atoms with E-state index in [1.54, 1.807) is 0 Å². The Balaban J connectivity index is 2.33. The van der Waals surface area contributed by atoms with E-state index in [-0.39, 0.29) is 6.03 Å². The van der Waals surface area contributed by atoms with Crippen LogP contribution in [-0.2, 0) is 0 Å². The van der Waals surface area contributed by atoms with Crippen molar-refractivity contribution in [3.8, 4) is 0 Å². The highest BCUT2D eigenvalue weighted by Crippen LogP contribution is 2.44. The van der Waals surface area contributed by atoms with Crippen LogP contribution in [0, 0.1) is 5.41 Å². The van der Waals surface area contributed by atoms with Gasteiger partial charge >= 0.3 is 6.03 Å². The molecular formula is C10H20N2O. The zero-order chi connectivity index (χ0) is 10.1. The maximum atomic E-state index is 11.6. The standard InChI is InChI=1S/C10H20N2O/c1-5-12(6-2)9(13)11-8-7-10(8,3)4/h8H,5-7H2,1-4H3,(H,11,13). The molecule has 3 heteroatoms. The third-order valence-corrected chi connectivity index (χ3v) is 2.86. The topological polar surface area (TPSA) is 32.3 Å². The molecule has 1 aliphatic carbocycles. The first-order valence-corrected chi connectivity index (χ1v) is 5.06. The largest absolute Gasteiger partial charge is 0.335 e. The quantitative estimate of drug-likeness (QED) is 0.713. The van der Waals surface area contributed by atoms with E-state index in [1.807, 2.05) is 18.7 Å². The summed E-state index contributed by atoms with van der Waals surface area (Å²) in [4.78, 5) is 13.4. The molecule has 1 saturated carbocycles. The maximum absolute atomic E-state index is 11.6. The van der Waals surface area contributed by atoms with E-state index in [9.17, 15) is 4.79 Å². The number of urea groups is 1. The molecule has 0 aromatic heterocycles. The molecule has 2 amide bonds. The molecule has 0 bridgehead atoms. The lowest BCUT2D eigenvalue weighted by molar-refractivity contribution is 0.201. The highest BCUT2D eigenvalue weighted by Gasteiger charge is 2.46. The average Bonchev–Trinajstić information content (AvgIpc) is 2.61. The number of nitrogens with one attached hydrogen (secondary N) is 1. The molecule has 13 heavy (non-hydrogen) atoms. The SMILES string of the molecule is CCN(CC)C(=O)NC1CC1(C)C. The fraction of sp³-hybridized carbons (Fsp3) is 0.900. The number of carbonyl (C=O) groups excluding carboxylic acids is 1. The Bertz CT molecular complexity index is 197. The predicted octanol–water partition coefficient (Wildman–Crippen LogP) is 1.84. The van der Waals surface area contributed by atoms with Gasteiger partial charge in [0.25, 0.3) is 0 Å². The van der Waals surface area contributed by atoms with Gasteiger partial charge in [-0.25, -0.2) is 4.79 Å². The Kier molecular flexibility index (Phi) is 2.84. The van der Waals surface area contributed by atoms with Crippen LogP contribution in [0.25, 0.3) is 0 Å². The summed E-state index contributed by atoms with van der Waals surface area (Å²) < 4.78 is 0. The van der Waals surface area contributed by atoms with Crippen LogP contribution >= 0.6 is 0 Å². The Morgan fingerprint density at radius 3 is 2.23 bits per heavy atom. The first-order valence-electron chi connectivity index (χ1n) is 5.06. The van der Waals surface area contributed by atoms with Gasteiger partial charge in [0, 0.05) is 19.1 Å². The van der Waals surface area contributed by atoms with Crippen molar-refractivity contribution in [2.24, 2.45) is 5.41 Å². The van der Waals surface area contributed by atoms with E-state index in [0.29, 0.717) is 11.5 Å². The van der Waals surface area contributed by atoms with E-state index in [1.165, 1.54) is 0 Å². The molecule has 0 aromatic rings. The smallest absolute Gasteiger partial charge is 0.317 e. The molecule has 1 N–H and O–H groups in total. The van der Waals surface area contributed by atoms with Crippen LogP contribution in [0.4, 0.5) is 4.79 Å². The van der Waals surface area contributed by atoms with Crippen molar-refractivity contribution in [1.82, 2.24) is 10.2 Å². The van der Waals surface area contributed by atoms with Gasteiger partial charge in [-0.2, -0.15) is 0 Å². The average molecular weight is 184 g/mol. The van der Waals surface area contributed by atoms with Gasteiger partial charge < -0.3 is 10.2 Å². The van der Waals surface area contributed by atoms with Gasteiger partial charge in [-0.1, -0.05) is 13.8 Å². The van der Waals surface area contributed by atoms with Gasteiger partial charge in [-0.3, -0.25) is 0 Å². The molecule has 0 aromatic carbocycles. The zero-order valence-corrected chi connectivity index (χ0v) is 9.05. The fourth-order valence-electron chi connectivity index (χ4n) is 1.46. The monoisotopic (exact) mass is 184 g/mol. The van der Waals surface area contributed by atoms with E-state index >= 15 is 0 Å². The molecule has 1 unspecified atom stereocenters. The lowest BCUT2D eigenvalue weighted by atomic mass is 10.2. The van der Waals surface area contributed by atoms with Crippen molar-refractivity contribution in [3.63, 3.8) is 0 Å². The summed E-state index contributed by atoms with van der Waals surface area (Å²) in [5.74, 6) is 0. The first kappa shape index (κ1) is 10.4. The third kappa shape index (κ3) is 2.36. The molecular weight excluding hydrogens is 164 g/mol. The summed E-state index contributed by atoms with van der Waals surface area (Å²) in [6.07, 6.45) is 1.11. The number of amides is 2. The number of hydrogen-bond acceptors (Lipinski definition) is 1. The van der Waals surface area contributed by atoms with Crippen LogP contribution in [0.15, 0.2) is 0 Å². The van der Waals surface area contributed by atoms with E-state index in [0.717, 1.165) is 19.5 Å². The summed E-state index contributed by atoms with van der Waals surface area (Å²) in [7, 11) is 0. The molecule has 1 fully saturated rings. The minimum atomic E-state index is 0.0839. The number of nitrogens with zero attached hydrogens (tertiary/aromatic N) is 1. The van der Waals surface area contributed by atoms with Gasteiger partial charge in [-0.05, 0) is 25.7 Å². The van der Waals surface area contributed by atoms with Crippen molar-refractivity contribution in [3.05, 3.63) is 0 Å². The maximum Gasteiger partial charge on any atom is 0.317 e. The second-order valence-electron chi connectivity index (χ2n) is 4.37. The molecule has 0 spiro atoms. The normalized spacial score (nSPS) is 23.8. The Morgan fingerprint density at radius 1 is 1.46 bits per heavy atom. The van der Waals surface area contributed by atoms with E-state index in [2.05, 4.69) is 19.2 Å². The van der Waals surface area contributed by atoms with Crippen molar-refractivity contribution in [1.29, 1.82) is 0 Å². The molecule has 76 valence electrons. The highest BCUT2D eigenvalue weighted by atomic mass is 16.2. The second kappa shape index (κ2) is 3.56. The van der Waals surface area contributed by atoms with Crippen LogP contribution in [0.3, 0.4) is 0 Å². The van der Waals surface area contributed by atoms with Crippen molar-refractivity contribution < 1.29 is 4.79 Å². The molecule has 1 atom stereocenters. The summed E-state index contributed by atoms with van der Waals surface area (Å²) in [6.45, 7) is 9.94. The molecule has 0 heterocycles. The van der Waals surface area contributed by atoms with Crippen LogP contribution in [0.5, 0.6) is 0 Å². The Morgan fingerprint density at radius 2 is 1.92 bits per heavy atom. The Labute approximate surface area is 80.5 Å². The fourth-order valence-corrected chi connectivity index (χ4v) is 1.46. The van der Waals surface area contributed by atoms with Crippen molar-refractivity contribution in [2.75, 3.05) is 13.1 Å². The van der Waals surface area contributed by atoms with Gasteiger partial charge in [-0.15, -0.1) is 0 Å². The highest BCUT2D eigenvalue weighted by molar-refractivity contribution is 5.75. The van der Waals surface area contributed by atoms with Gasteiger partial charge in [0.15, 0.2) is 0 Å². The predicted molar refractivity (Wildman–Crippen MR) is 53.6 cm³/mol. The minimum Gasteiger partial charge on any atom is -0.335 e. The summed E-state index contributed by atoms with van der Waals surface area (Å²) in [5, 5.41) is 3.03. The van der Waals surface area contributed by atoms with Crippen molar-refractivity contribution >= 4 is 6.03 Å². The Hall–Kier alpha value is -0.730. The lowest BCUT2D eigenvalue weighted by Gasteiger charge is -2.19. The van der Waals surface area contributed by atoms with E-state index < -0.39 is 0 Å². The molecule has 1 rings (SSSR count). The summed E-state index contributed by atoms with van der Waals surface area (Å²) >= 11 is 0. The summed E-state index contributed by atoms with van der Waals surface area (Å²) in [6, 6.07) is 0.473. The van der Waals surface area contributed by atoms with Crippen LogP contribution in [0.1, 0.15) is 34.1 Å². The van der Waals surface area contributed by atoms with E-state index in [4.69, 9.17) is 0 Å². The lowest BCUT2D eigenvalue weighted by Crippen LogP contribution is -2.41. The second-order valence-corrected chi connectivity index (χ2v) is 4.37. The minimum absolute atomic E-state index is 0.0839. The molecule has 0 aliphatic heterocycles. The molecule has 3 nitrogen and oxygen atoms in total. The van der Waals surface area contributed by atoms with Crippen LogP contribution in [-0.4, -0.2) is 30.1 Å². The molecule has 0 saturated heterocycles. The number of carbonyl (C=O) groups is 1. The van der Waals surface area contributed by atoms with Gasteiger partial charge in [0.1, 0.15) is 0 Å². The van der Waals surface area contributed by atoms with Gasteiger partial charge in [0.05, 0.1) is 0 Å². The van der Waals surface area contributed by atoms with Gasteiger partial charge in [0.2, 0.25) is 0 Å². The summed E-state index contributed by atoms with van der Waals surface area (Å²) in [5.41, 5.74) is 0.322. The molecule has 0 radical (unpaired) electrons. The first-order chi connectivity index (χ1) is 6.01. The zero-order valence-electron chi connectivity index (χ0n) is 9.05. The van der Waals surface area contributed by atoms with Crippen LogP contribution in [0.2, 0.25) is 0 Å². The number of hydrogen-bond donors (Lipinski definition) is 1. The third-order valence-electron chi connectivity index (χ3n) is 2.86. The molecule has 1 aliphatic rings.